The fraction of sp³-hybridized carbons (Fsp3) is 0.700. The molecular formula is C10H14O3. The van der Waals surface area contributed by atoms with E-state index < -0.39 is 12.2 Å². The highest BCUT2D eigenvalue weighted by molar-refractivity contribution is 5.75. The average Bonchev–Trinajstić information content (AvgIpc) is 2.51. The summed E-state index contributed by atoms with van der Waals surface area (Å²) in [5.41, 5.74) is 0. The molecule has 0 bridgehead atoms. The molecule has 0 aromatic heterocycles. The van der Waals surface area contributed by atoms with E-state index in [-0.39, 0.29) is 12.1 Å². The first-order chi connectivity index (χ1) is 6.13. The summed E-state index contributed by atoms with van der Waals surface area (Å²) in [5, 5.41) is 0. The van der Waals surface area contributed by atoms with Crippen molar-refractivity contribution in [2.75, 3.05) is 0 Å². The number of esters is 1. The second-order valence-corrected chi connectivity index (χ2v) is 3.26. The van der Waals surface area contributed by atoms with Crippen molar-refractivity contribution in [1.82, 2.24) is 0 Å². The van der Waals surface area contributed by atoms with Crippen LogP contribution >= 0.6 is 0 Å². The Labute approximate surface area is 78.4 Å². The van der Waals surface area contributed by atoms with Crippen molar-refractivity contribution in [3.63, 3.8) is 0 Å². The zero-order valence-electron chi connectivity index (χ0n) is 7.95. The van der Waals surface area contributed by atoms with Gasteiger partial charge in [0.25, 0.3) is 0 Å². The second kappa shape index (κ2) is 4.29. The minimum atomic E-state index is -0.466. The van der Waals surface area contributed by atoms with Gasteiger partial charge in [0.05, 0.1) is 6.10 Å². The highest BCUT2D eigenvalue weighted by Gasteiger charge is 2.29. The molecular weight excluding hydrogens is 168 g/mol. The van der Waals surface area contributed by atoms with E-state index in [1.807, 2.05) is 6.92 Å². The van der Waals surface area contributed by atoms with Gasteiger partial charge in [-0.15, -0.1) is 6.42 Å². The predicted molar refractivity (Wildman–Crippen MR) is 48.0 cm³/mol. The van der Waals surface area contributed by atoms with E-state index in [1.54, 1.807) is 6.92 Å². The van der Waals surface area contributed by atoms with Crippen LogP contribution in [0.15, 0.2) is 0 Å². The fourth-order valence-corrected chi connectivity index (χ4v) is 1.26. The first kappa shape index (κ1) is 10.1. The summed E-state index contributed by atoms with van der Waals surface area (Å²) in [4.78, 5) is 11.3. The summed E-state index contributed by atoms with van der Waals surface area (Å²) in [5.74, 6) is 1.99. The summed E-state index contributed by atoms with van der Waals surface area (Å²) in [6.45, 7) is 3.61. The van der Waals surface area contributed by atoms with E-state index in [2.05, 4.69) is 5.92 Å². The number of hydrogen-bond acceptors (Lipinski definition) is 3. The van der Waals surface area contributed by atoms with Gasteiger partial charge in [0.1, 0.15) is 0 Å². The smallest absolute Gasteiger partial charge is 0.336 e. The molecule has 0 N–H and O–H groups in total. The molecule has 0 aromatic carbocycles. The number of hydrogen-bond donors (Lipinski definition) is 0. The molecule has 3 heteroatoms. The highest BCUT2D eigenvalue weighted by Crippen LogP contribution is 2.20. The quantitative estimate of drug-likeness (QED) is 0.474. The number of terminal acetylenes is 1. The van der Waals surface area contributed by atoms with Gasteiger partial charge in [-0.25, -0.2) is 4.79 Å². The van der Waals surface area contributed by atoms with Crippen LogP contribution in [0.5, 0.6) is 0 Å². The Bertz CT molecular complexity index is 229. The Morgan fingerprint density at radius 3 is 2.85 bits per heavy atom. The van der Waals surface area contributed by atoms with Crippen LogP contribution in [0.4, 0.5) is 0 Å². The Morgan fingerprint density at radius 1 is 1.69 bits per heavy atom. The van der Waals surface area contributed by atoms with Crippen molar-refractivity contribution in [3.05, 3.63) is 0 Å². The second-order valence-electron chi connectivity index (χ2n) is 3.26. The standard InChI is InChI=1S/C10H14O3/c1-4-7(2)13-10(11)9-6-5-8(3)12-9/h1,7-9H,5-6H2,2-3H3. The number of carbonyl (C=O) groups excluding carboxylic acids is 1. The van der Waals surface area contributed by atoms with E-state index >= 15 is 0 Å². The van der Waals surface area contributed by atoms with Gasteiger partial charge in [0, 0.05) is 0 Å². The Kier molecular flexibility index (Phi) is 3.32. The molecule has 1 aliphatic heterocycles. The van der Waals surface area contributed by atoms with Crippen LogP contribution in [-0.4, -0.2) is 24.3 Å². The molecule has 0 aliphatic carbocycles. The van der Waals surface area contributed by atoms with E-state index in [1.165, 1.54) is 0 Å². The van der Waals surface area contributed by atoms with Crippen LogP contribution in [0, 0.1) is 12.3 Å². The van der Waals surface area contributed by atoms with Gasteiger partial charge in [0.2, 0.25) is 0 Å². The Balaban J connectivity index is 2.37. The van der Waals surface area contributed by atoms with Crippen LogP contribution in [-0.2, 0) is 14.3 Å². The maximum Gasteiger partial charge on any atom is 0.336 e. The first-order valence-corrected chi connectivity index (χ1v) is 4.45. The maximum atomic E-state index is 11.3. The molecule has 0 spiro atoms. The molecule has 1 fully saturated rings. The van der Waals surface area contributed by atoms with Crippen molar-refractivity contribution in [2.45, 2.75) is 45.0 Å². The highest BCUT2D eigenvalue weighted by atomic mass is 16.6. The van der Waals surface area contributed by atoms with Crippen LogP contribution in [0.1, 0.15) is 26.7 Å². The van der Waals surface area contributed by atoms with E-state index in [0.29, 0.717) is 0 Å². The molecule has 1 aliphatic rings. The van der Waals surface area contributed by atoms with E-state index in [4.69, 9.17) is 15.9 Å². The molecule has 72 valence electrons. The lowest BCUT2D eigenvalue weighted by atomic mass is 10.2. The molecule has 1 rings (SSSR count). The molecule has 3 nitrogen and oxygen atoms in total. The molecule has 0 radical (unpaired) electrons. The van der Waals surface area contributed by atoms with Crippen LogP contribution in [0.25, 0.3) is 0 Å². The third kappa shape index (κ3) is 2.74. The average molecular weight is 182 g/mol. The lowest BCUT2D eigenvalue weighted by Gasteiger charge is -2.12. The summed E-state index contributed by atoms with van der Waals surface area (Å²) in [6.07, 6.45) is 5.99. The molecule has 0 aromatic rings. The normalized spacial score (nSPS) is 29.3. The van der Waals surface area contributed by atoms with Gasteiger partial charge in [-0.1, -0.05) is 5.92 Å². The summed E-state index contributed by atoms with van der Waals surface area (Å²) < 4.78 is 10.3. The van der Waals surface area contributed by atoms with Crippen molar-refractivity contribution in [1.29, 1.82) is 0 Å². The van der Waals surface area contributed by atoms with Crippen LogP contribution in [0.2, 0.25) is 0 Å². The third-order valence-corrected chi connectivity index (χ3v) is 2.02. The first-order valence-electron chi connectivity index (χ1n) is 4.45. The van der Waals surface area contributed by atoms with Crippen LogP contribution in [0.3, 0.4) is 0 Å². The summed E-state index contributed by atoms with van der Waals surface area (Å²) in [7, 11) is 0. The predicted octanol–water partition coefficient (Wildman–Crippen LogP) is 1.12. The van der Waals surface area contributed by atoms with Gasteiger partial charge in [0.15, 0.2) is 12.2 Å². The zero-order valence-corrected chi connectivity index (χ0v) is 7.95. The third-order valence-electron chi connectivity index (χ3n) is 2.02. The lowest BCUT2D eigenvalue weighted by molar-refractivity contribution is -0.158. The summed E-state index contributed by atoms with van der Waals surface area (Å²) >= 11 is 0. The monoisotopic (exact) mass is 182 g/mol. The van der Waals surface area contributed by atoms with Gasteiger partial charge in [-0.3, -0.25) is 0 Å². The Hall–Kier alpha value is -1.01. The summed E-state index contributed by atoms with van der Waals surface area (Å²) in [6, 6.07) is 0. The molecule has 3 unspecified atom stereocenters. The van der Waals surface area contributed by atoms with E-state index in [9.17, 15) is 4.79 Å². The lowest BCUT2D eigenvalue weighted by Crippen LogP contribution is -2.26. The fourth-order valence-electron chi connectivity index (χ4n) is 1.26. The van der Waals surface area contributed by atoms with Crippen LogP contribution < -0.4 is 0 Å². The Morgan fingerprint density at radius 2 is 2.38 bits per heavy atom. The van der Waals surface area contributed by atoms with Gasteiger partial charge < -0.3 is 9.47 Å². The number of carbonyl (C=O) groups is 1. The molecule has 1 heterocycles. The van der Waals surface area contributed by atoms with Crippen molar-refractivity contribution in [2.24, 2.45) is 0 Å². The van der Waals surface area contributed by atoms with Gasteiger partial charge >= 0.3 is 5.97 Å². The minimum Gasteiger partial charge on any atom is -0.448 e. The molecule has 3 atom stereocenters. The number of ether oxygens (including phenoxy) is 2. The van der Waals surface area contributed by atoms with Crippen molar-refractivity contribution < 1.29 is 14.3 Å². The zero-order chi connectivity index (χ0) is 9.84. The molecule has 0 saturated carbocycles. The van der Waals surface area contributed by atoms with Gasteiger partial charge in [-0.05, 0) is 26.7 Å². The van der Waals surface area contributed by atoms with Crippen molar-refractivity contribution >= 4 is 5.97 Å². The topological polar surface area (TPSA) is 35.5 Å². The van der Waals surface area contributed by atoms with Gasteiger partial charge in [-0.2, -0.15) is 0 Å². The van der Waals surface area contributed by atoms with Crippen molar-refractivity contribution in [3.8, 4) is 12.3 Å². The largest absolute Gasteiger partial charge is 0.448 e. The number of rotatable bonds is 2. The minimum absolute atomic E-state index is 0.152. The maximum absolute atomic E-state index is 11.3. The molecule has 0 amide bonds. The molecule has 1 saturated heterocycles. The SMILES string of the molecule is C#CC(C)OC(=O)C1CCC(C)O1. The molecule has 13 heavy (non-hydrogen) atoms. The van der Waals surface area contributed by atoms with E-state index in [0.717, 1.165) is 12.8 Å².